The first kappa shape index (κ1) is 47.0. The molecule has 3 atom stereocenters. The second-order valence-corrected chi connectivity index (χ2v) is 18.9. The normalized spacial score (nSPS) is 19.8. The van der Waals surface area contributed by atoms with Gasteiger partial charge in [-0.3, -0.25) is 9.98 Å². The number of anilines is 1. The van der Waals surface area contributed by atoms with Crippen molar-refractivity contribution in [2.75, 3.05) is 4.90 Å². The molecule has 3 heteroatoms. The van der Waals surface area contributed by atoms with E-state index in [1.54, 1.807) is 5.57 Å². The van der Waals surface area contributed by atoms with Crippen LogP contribution in [0.3, 0.4) is 0 Å². The van der Waals surface area contributed by atoms with E-state index in [1.165, 1.54) is 89.4 Å². The summed E-state index contributed by atoms with van der Waals surface area (Å²) >= 11 is 0. The topological polar surface area (TPSA) is 28.0 Å². The van der Waals surface area contributed by atoms with Crippen LogP contribution in [-0.2, 0) is 19.4 Å². The van der Waals surface area contributed by atoms with Gasteiger partial charge in [0.2, 0.25) is 0 Å². The average molecular weight is 902 g/mol. The van der Waals surface area contributed by atoms with Crippen molar-refractivity contribution in [3.05, 3.63) is 255 Å². The molecule has 346 valence electrons. The number of nitrogens with zero attached hydrogens (tertiary/aromatic N) is 3. The molecule has 69 heavy (non-hydrogen) atoms. The van der Waals surface area contributed by atoms with Crippen LogP contribution in [0.4, 0.5) is 5.69 Å². The zero-order chi connectivity index (χ0) is 47.9. The molecule has 0 bridgehead atoms. The van der Waals surface area contributed by atoms with Gasteiger partial charge in [-0.25, -0.2) is 0 Å². The van der Waals surface area contributed by atoms with Crippen LogP contribution in [0, 0.1) is 12.8 Å². The predicted octanol–water partition coefficient (Wildman–Crippen LogP) is 16.9. The molecule has 0 aromatic heterocycles. The molecule has 1 aliphatic heterocycles. The number of rotatable bonds is 7. The van der Waals surface area contributed by atoms with E-state index in [9.17, 15) is 0 Å². The first-order chi connectivity index (χ1) is 33.8. The number of benzene rings is 5. The molecule has 0 amide bonds. The quantitative estimate of drug-likeness (QED) is 0.147. The number of hydrogen-bond acceptors (Lipinski definition) is 3. The minimum atomic E-state index is 0.380. The first-order valence-corrected chi connectivity index (χ1v) is 25.3. The van der Waals surface area contributed by atoms with Crippen molar-refractivity contribution in [3.8, 4) is 11.1 Å². The van der Waals surface area contributed by atoms with Crippen molar-refractivity contribution in [2.24, 2.45) is 15.9 Å². The highest BCUT2D eigenvalue weighted by Crippen LogP contribution is 2.49. The summed E-state index contributed by atoms with van der Waals surface area (Å²) in [4.78, 5) is 11.2. The smallest absolute Gasteiger partial charge is 0.0643 e. The van der Waals surface area contributed by atoms with E-state index in [0.29, 0.717) is 17.9 Å². The molecule has 3 unspecified atom stereocenters. The second kappa shape index (κ2) is 21.5. The van der Waals surface area contributed by atoms with Gasteiger partial charge in [0.1, 0.15) is 0 Å². The number of allylic oxidation sites excluding steroid dienone is 12. The molecule has 0 saturated carbocycles. The second-order valence-electron chi connectivity index (χ2n) is 18.9. The Hall–Kier alpha value is -7.10. The average Bonchev–Trinajstić information content (AvgIpc) is 4.08. The summed E-state index contributed by atoms with van der Waals surface area (Å²) in [7, 11) is 0. The molecule has 0 radical (unpaired) electrons. The van der Waals surface area contributed by atoms with E-state index >= 15 is 0 Å². The van der Waals surface area contributed by atoms with Crippen LogP contribution in [0.25, 0.3) is 22.3 Å². The molecule has 6 aliphatic carbocycles. The Kier molecular flexibility index (Phi) is 14.6. The molecule has 0 spiro atoms. The van der Waals surface area contributed by atoms with Gasteiger partial charge in [0.25, 0.3) is 0 Å². The Morgan fingerprint density at radius 2 is 1.48 bits per heavy atom. The maximum atomic E-state index is 4.87. The highest BCUT2D eigenvalue weighted by molar-refractivity contribution is 6.02. The van der Waals surface area contributed by atoms with Crippen LogP contribution in [0.2, 0.25) is 0 Å². The first-order valence-electron chi connectivity index (χ1n) is 25.3. The van der Waals surface area contributed by atoms with Crippen molar-refractivity contribution < 1.29 is 0 Å². The Balaban J connectivity index is 0.000000144. The fraction of sp³-hybridized carbons (Fsp3) is 0.242. The Bertz CT molecular complexity index is 3050. The largest absolute Gasteiger partial charge is 0.333 e. The number of fused-ring (bicyclic) bond motifs is 9. The monoisotopic (exact) mass is 902 g/mol. The lowest BCUT2D eigenvalue weighted by atomic mass is 9.85. The summed E-state index contributed by atoms with van der Waals surface area (Å²) in [6.45, 7) is 18.6. The van der Waals surface area contributed by atoms with Crippen LogP contribution in [0.15, 0.2) is 221 Å². The molecular weight excluding hydrogens is 835 g/mol. The van der Waals surface area contributed by atoms with Crippen molar-refractivity contribution in [3.63, 3.8) is 0 Å². The lowest BCUT2D eigenvalue weighted by Crippen LogP contribution is -2.31. The molecular formula is C66H67N3. The highest BCUT2D eigenvalue weighted by Gasteiger charge is 2.37. The van der Waals surface area contributed by atoms with Crippen LogP contribution < -0.4 is 4.90 Å². The van der Waals surface area contributed by atoms with E-state index in [0.717, 1.165) is 62.8 Å². The van der Waals surface area contributed by atoms with Gasteiger partial charge in [0.15, 0.2) is 0 Å². The molecule has 5 aromatic carbocycles. The van der Waals surface area contributed by atoms with Gasteiger partial charge in [-0.1, -0.05) is 185 Å². The molecule has 0 N–H and O–H groups in total. The van der Waals surface area contributed by atoms with Gasteiger partial charge in [-0.15, -0.1) is 0 Å². The third kappa shape index (κ3) is 10.1. The van der Waals surface area contributed by atoms with Gasteiger partial charge < -0.3 is 4.90 Å². The van der Waals surface area contributed by atoms with E-state index in [1.807, 2.05) is 19.9 Å². The van der Waals surface area contributed by atoms with Crippen LogP contribution >= 0.6 is 0 Å². The minimum absolute atomic E-state index is 0.380. The predicted molar refractivity (Wildman–Crippen MR) is 297 cm³/mol. The Morgan fingerprint density at radius 3 is 2.26 bits per heavy atom. The summed E-state index contributed by atoms with van der Waals surface area (Å²) in [6.07, 6.45) is 30.6. The fourth-order valence-electron chi connectivity index (χ4n) is 10.9. The van der Waals surface area contributed by atoms with Gasteiger partial charge in [0, 0.05) is 28.6 Å². The Labute approximate surface area is 412 Å². The molecule has 12 rings (SSSR count). The molecule has 0 fully saturated rings. The van der Waals surface area contributed by atoms with Gasteiger partial charge in [0.05, 0.1) is 18.3 Å². The van der Waals surface area contributed by atoms with Crippen LogP contribution in [0.5, 0.6) is 0 Å². The van der Waals surface area contributed by atoms with Crippen LogP contribution in [0.1, 0.15) is 110 Å². The maximum Gasteiger partial charge on any atom is 0.0643 e. The van der Waals surface area contributed by atoms with Crippen LogP contribution in [-0.4, -0.2) is 18.5 Å². The van der Waals surface area contributed by atoms with E-state index in [-0.39, 0.29) is 0 Å². The van der Waals surface area contributed by atoms with Gasteiger partial charge in [-0.05, 0) is 168 Å². The molecule has 5 aromatic rings. The summed E-state index contributed by atoms with van der Waals surface area (Å²) < 4.78 is 0. The summed E-state index contributed by atoms with van der Waals surface area (Å²) in [5, 5.41) is 0. The molecule has 1 heterocycles. The molecule has 3 nitrogen and oxygen atoms in total. The number of para-hydroxylation sites is 1. The third-order valence-corrected chi connectivity index (χ3v) is 14.5. The van der Waals surface area contributed by atoms with E-state index in [2.05, 4.69) is 214 Å². The van der Waals surface area contributed by atoms with Crippen molar-refractivity contribution in [1.29, 1.82) is 0 Å². The Morgan fingerprint density at radius 1 is 0.710 bits per heavy atom. The van der Waals surface area contributed by atoms with Crippen molar-refractivity contribution in [1.82, 2.24) is 0 Å². The lowest BCUT2D eigenvalue weighted by Gasteiger charge is -2.31. The zero-order valence-corrected chi connectivity index (χ0v) is 41.4. The fourth-order valence-corrected chi connectivity index (χ4v) is 10.9. The van der Waals surface area contributed by atoms with E-state index in [4.69, 9.17) is 4.99 Å². The minimum Gasteiger partial charge on any atom is -0.333 e. The number of hydrogen-bond donors (Lipinski definition) is 0. The summed E-state index contributed by atoms with van der Waals surface area (Å²) in [5.74, 6) is 1.19. The number of aliphatic imine (C=N–C) groups is 2. The zero-order valence-electron chi connectivity index (χ0n) is 41.4. The summed E-state index contributed by atoms with van der Waals surface area (Å²) in [5.41, 5.74) is 25.5. The molecule has 0 saturated heterocycles. The standard InChI is InChI=1S/C32H27N.C23H23N.C9H11N.C2H6/c1-21-10-15-26(16-11-21)33-31-9-5-4-8-28(31)30-20-23(14-17-32(30)33)22-12-13-25-18-24-6-2-3-7-27(24)29(25)19-22;1-16-11-12-19-14-23-20(9-6-10-21(23)22(19)13-16)17(2)24-15-18-7-4-3-5-8-18;1-8(10-2)9-6-4-3-5-7-9;1-2/h2-10,12-16,19-21,32H,11,17-18H2,1H3;3-9,11-13,21H,10,14-15H2,1-2H3;4,6-7H,1-3,5H2;1-2H3. The van der Waals surface area contributed by atoms with E-state index < -0.39 is 0 Å². The lowest BCUT2D eigenvalue weighted by molar-refractivity contribution is 0.714. The molecule has 7 aliphatic rings. The van der Waals surface area contributed by atoms with Crippen molar-refractivity contribution >= 4 is 29.3 Å². The third-order valence-electron chi connectivity index (χ3n) is 14.5. The number of aryl methyl sites for hydroxylation is 1. The van der Waals surface area contributed by atoms with Gasteiger partial charge in [-0.2, -0.15) is 0 Å². The summed E-state index contributed by atoms with van der Waals surface area (Å²) in [6, 6.07) is 42.6. The van der Waals surface area contributed by atoms with Gasteiger partial charge >= 0.3 is 0 Å². The maximum absolute atomic E-state index is 4.87. The highest BCUT2D eigenvalue weighted by atomic mass is 15.2. The van der Waals surface area contributed by atoms with Crippen molar-refractivity contribution in [2.45, 2.75) is 98.1 Å². The SMILES string of the molecule is C=NC(=C)C1=CCCC=C1.CC.CC(=NCc1ccccc1)C1=C2Cc3ccc(C)cc3C2CC=C1.CC1C=CC(N2c3ccccc3C3=CC(c4ccc5c(c4)-c4ccccc4C5)=CCC32)=CC1.